The van der Waals surface area contributed by atoms with E-state index < -0.39 is 48.2 Å². The number of rotatable bonds is 7. The molecule has 3 rings (SSSR count). The van der Waals surface area contributed by atoms with Gasteiger partial charge in [0.05, 0.1) is 6.61 Å². The Bertz CT molecular complexity index is 1150. The van der Waals surface area contributed by atoms with E-state index >= 15 is 0 Å². The van der Waals surface area contributed by atoms with Gasteiger partial charge >= 0.3 is 6.18 Å². The van der Waals surface area contributed by atoms with Crippen LogP contribution in [0.2, 0.25) is 0 Å². The van der Waals surface area contributed by atoms with Crippen LogP contribution in [-0.4, -0.2) is 12.8 Å². The van der Waals surface area contributed by atoms with Gasteiger partial charge in [0.15, 0.2) is 11.7 Å². The monoisotopic (exact) mass is 468 g/mol. The van der Waals surface area contributed by atoms with Gasteiger partial charge < -0.3 is 4.74 Å². The Hall–Kier alpha value is -3.13. The zero-order chi connectivity index (χ0) is 24.2. The lowest BCUT2D eigenvalue weighted by atomic mass is 10.00. The molecule has 174 valence electrons. The number of hydrogen-bond acceptors (Lipinski definition) is 1. The van der Waals surface area contributed by atoms with Crippen LogP contribution in [-0.2, 0) is 17.8 Å². The van der Waals surface area contributed by atoms with Crippen molar-refractivity contribution >= 4 is 11.7 Å². The molecular weight excluding hydrogens is 449 g/mol. The van der Waals surface area contributed by atoms with Crippen molar-refractivity contribution in [2.75, 3.05) is 6.61 Å². The second kappa shape index (κ2) is 10.2. The number of alkyl halides is 3. The third kappa shape index (κ3) is 6.22. The minimum absolute atomic E-state index is 0.139. The molecule has 0 amide bonds. The molecular formula is C25H19F7O. The molecule has 0 aliphatic rings. The Labute approximate surface area is 186 Å². The molecule has 0 aliphatic carbocycles. The van der Waals surface area contributed by atoms with Gasteiger partial charge in [-0.15, -0.1) is 0 Å². The van der Waals surface area contributed by atoms with Crippen molar-refractivity contribution in [3.63, 3.8) is 0 Å². The fourth-order valence-electron chi connectivity index (χ4n) is 3.14. The number of benzene rings is 3. The maximum absolute atomic E-state index is 14.7. The average molecular weight is 468 g/mol. The van der Waals surface area contributed by atoms with E-state index in [9.17, 15) is 30.7 Å². The minimum Gasteiger partial charge on any atom is -0.367 e. The quantitative estimate of drug-likeness (QED) is 0.252. The van der Waals surface area contributed by atoms with Crippen molar-refractivity contribution in [1.29, 1.82) is 0 Å². The highest BCUT2D eigenvalue weighted by molar-refractivity contribution is 5.83. The average Bonchev–Trinajstić information content (AvgIpc) is 2.78. The molecule has 0 saturated carbocycles. The summed E-state index contributed by atoms with van der Waals surface area (Å²) in [7, 11) is 0. The summed E-state index contributed by atoms with van der Waals surface area (Å²) in [5, 5.41) is 0. The van der Waals surface area contributed by atoms with Gasteiger partial charge in [0.25, 0.3) is 0 Å². The molecule has 0 N–H and O–H groups in total. The fourth-order valence-corrected chi connectivity index (χ4v) is 3.14. The van der Waals surface area contributed by atoms with Gasteiger partial charge in [-0.05, 0) is 29.7 Å². The molecule has 0 atom stereocenters. The summed E-state index contributed by atoms with van der Waals surface area (Å²) in [5.74, 6) is -4.07. The molecule has 0 bridgehead atoms. The molecule has 0 radical (unpaired) electrons. The van der Waals surface area contributed by atoms with Gasteiger partial charge in [0.1, 0.15) is 18.2 Å². The van der Waals surface area contributed by atoms with Crippen molar-refractivity contribution in [2.24, 2.45) is 0 Å². The maximum atomic E-state index is 14.7. The predicted molar refractivity (Wildman–Crippen MR) is 112 cm³/mol. The summed E-state index contributed by atoms with van der Waals surface area (Å²) in [6.07, 6.45) is -3.89. The minimum atomic E-state index is -4.56. The van der Waals surface area contributed by atoms with Crippen LogP contribution in [0.5, 0.6) is 0 Å². The lowest BCUT2D eigenvalue weighted by molar-refractivity contribution is -0.176. The Morgan fingerprint density at radius 2 is 1.42 bits per heavy atom. The Morgan fingerprint density at radius 1 is 0.788 bits per heavy atom. The van der Waals surface area contributed by atoms with Crippen LogP contribution >= 0.6 is 0 Å². The van der Waals surface area contributed by atoms with Crippen LogP contribution in [0.25, 0.3) is 22.8 Å². The smallest absolute Gasteiger partial charge is 0.367 e. The van der Waals surface area contributed by atoms with Gasteiger partial charge in [-0.1, -0.05) is 55.5 Å². The molecule has 8 heteroatoms. The van der Waals surface area contributed by atoms with E-state index in [2.05, 4.69) is 4.74 Å². The fraction of sp³-hybridized carbons (Fsp3) is 0.200. The molecule has 0 spiro atoms. The number of halogens is 7. The SMILES string of the molecule is CCc1ccc(-c2ccc(/C(F)=C(/F)c3ccc(COCC(F)(F)F)c(F)c3)cc2)c(F)c1. The third-order valence-corrected chi connectivity index (χ3v) is 4.91. The van der Waals surface area contributed by atoms with Gasteiger partial charge in [-0.2, -0.15) is 13.2 Å². The van der Waals surface area contributed by atoms with E-state index in [1.54, 1.807) is 12.1 Å². The number of ether oxygens (including phenoxy) is 1. The summed E-state index contributed by atoms with van der Waals surface area (Å²) in [6.45, 7) is -0.329. The summed E-state index contributed by atoms with van der Waals surface area (Å²) in [5.41, 5.74) is 0.829. The van der Waals surface area contributed by atoms with Crippen molar-refractivity contribution in [3.05, 3.63) is 94.6 Å². The van der Waals surface area contributed by atoms with E-state index in [1.165, 1.54) is 30.3 Å². The highest BCUT2D eigenvalue weighted by atomic mass is 19.4. The first-order valence-corrected chi connectivity index (χ1v) is 9.97. The topological polar surface area (TPSA) is 9.23 Å². The largest absolute Gasteiger partial charge is 0.411 e. The van der Waals surface area contributed by atoms with E-state index in [1.807, 2.05) is 6.92 Å². The highest BCUT2D eigenvalue weighted by Crippen LogP contribution is 2.32. The van der Waals surface area contributed by atoms with Crippen LogP contribution in [0, 0.1) is 11.6 Å². The van der Waals surface area contributed by atoms with Crippen LogP contribution in [0.1, 0.15) is 29.2 Å². The molecule has 0 unspecified atom stereocenters. The summed E-state index contributed by atoms with van der Waals surface area (Å²) in [6, 6.07) is 13.0. The molecule has 0 saturated heterocycles. The van der Waals surface area contributed by atoms with Gasteiger partial charge in [-0.3, -0.25) is 0 Å². The molecule has 0 heterocycles. The third-order valence-electron chi connectivity index (χ3n) is 4.91. The van der Waals surface area contributed by atoms with Crippen LogP contribution in [0.3, 0.4) is 0 Å². The van der Waals surface area contributed by atoms with E-state index in [-0.39, 0.29) is 11.1 Å². The Balaban J connectivity index is 1.79. The van der Waals surface area contributed by atoms with Gasteiger partial charge in [0, 0.05) is 22.3 Å². The van der Waals surface area contributed by atoms with Crippen LogP contribution < -0.4 is 0 Å². The van der Waals surface area contributed by atoms with E-state index in [0.717, 1.165) is 17.7 Å². The molecule has 0 fully saturated rings. The second-order valence-corrected chi connectivity index (χ2v) is 7.29. The number of aryl methyl sites for hydroxylation is 1. The first-order valence-electron chi connectivity index (χ1n) is 9.97. The van der Waals surface area contributed by atoms with Gasteiger partial charge in [0.2, 0.25) is 0 Å². The van der Waals surface area contributed by atoms with Crippen molar-refractivity contribution in [3.8, 4) is 11.1 Å². The van der Waals surface area contributed by atoms with E-state index in [4.69, 9.17) is 0 Å². The van der Waals surface area contributed by atoms with Gasteiger partial charge in [-0.25, -0.2) is 17.6 Å². The van der Waals surface area contributed by atoms with Crippen molar-refractivity contribution in [2.45, 2.75) is 26.1 Å². The highest BCUT2D eigenvalue weighted by Gasteiger charge is 2.27. The molecule has 1 nitrogen and oxygen atoms in total. The number of hydrogen-bond donors (Lipinski definition) is 0. The Morgan fingerprint density at radius 3 is 2.00 bits per heavy atom. The first-order chi connectivity index (χ1) is 15.6. The molecule has 3 aromatic carbocycles. The second-order valence-electron chi connectivity index (χ2n) is 7.29. The summed E-state index contributed by atoms with van der Waals surface area (Å²) >= 11 is 0. The normalized spacial score (nSPS) is 12.6. The summed E-state index contributed by atoms with van der Waals surface area (Å²) < 4.78 is 98.4. The zero-order valence-electron chi connectivity index (χ0n) is 17.4. The molecule has 3 aromatic rings. The molecule has 0 aromatic heterocycles. The van der Waals surface area contributed by atoms with Crippen LogP contribution in [0.4, 0.5) is 30.7 Å². The summed E-state index contributed by atoms with van der Waals surface area (Å²) in [4.78, 5) is 0. The Kier molecular flexibility index (Phi) is 7.58. The van der Waals surface area contributed by atoms with E-state index in [0.29, 0.717) is 23.6 Å². The molecule has 33 heavy (non-hydrogen) atoms. The predicted octanol–water partition coefficient (Wildman–Crippen LogP) is 8.04. The first kappa shape index (κ1) is 24.5. The lowest BCUT2D eigenvalue weighted by Crippen LogP contribution is -2.17. The van der Waals surface area contributed by atoms with Crippen molar-refractivity contribution in [1.82, 2.24) is 0 Å². The maximum Gasteiger partial charge on any atom is 0.411 e. The lowest BCUT2D eigenvalue weighted by Gasteiger charge is -2.10. The zero-order valence-corrected chi connectivity index (χ0v) is 17.4. The van der Waals surface area contributed by atoms with Crippen LogP contribution in [0.15, 0.2) is 60.7 Å². The standard InChI is InChI=1S/C25H19F7O/c1-2-15-3-10-20(22(27)11-15)16-4-6-17(7-5-16)23(28)24(29)18-8-9-19(21(26)12-18)13-33-14-25(30,31)32/h3-12H,2,13-14H2,1H3/b24-23-. The molecule has 0 aliphatic heterocycles. The van der Waals surface area contributed by atoms with Crippen molar-refractivity contribution < 1.29 is 35.5 Å².